The molecule has 2 aromatic heterocycles. The molecule has 0 atom stereocenters. The van der Waals surface area contributed by atoms with Gasteiger partial charge in [0.15, 0.2) is 4.96 Å². The topological polar surface area (TPSA) is 43.3 Å². The summed E-state index contributed by atoms with van der Waals surface area (Å²) in [6, 6.07) is 0. The molecule has 0 amide bonds. The summed E-state index contributed by atoms with van der Waals surface area (Å²) in [4.78, 5) is 6.86. The maximum atomic E-state index is 5.45. The highest BCUT2D eigenvalue weighted by Crippen LogP contribution is 2.21. The molecule has 2 rings (SSSR count). The molecule has 0 saturated heterocycles. The van der Waals surface area contributed by atoms with Gasteiger partial charge >= 0.3 is 0 Å². The Labute approximate surface area is 93.2 Å². The number of aromatic nitrogens is 2. The van der Waals surface area contributed by atoms with E-state index in [2.05, 4.69) is 34.7 Å². The summed E-state index contributed by atoms with van der Waals surface area (Å²) < 4.78 is 2.14. The number of hydrogen-bond donors (Lipinski definition) is 1. The Morgan fingerprint density at radius 1 is 1.53 bits per heavy atom. The summed E-state index contributed by atoms with van der Waals surface area (Å²) in [5.74, 6) is 0. The average Bonchev–Trinajstić information content (AvgIpc) is 2.65. The predicted molar refractivity (Wildman–Crippen MR) is 65.2 cm³/mol. The molecule has 3 nitrogen and oxygen atoms in total. The van der Waals surface area contributed by atoms with Crippen LogP contribution in [0, 0.1) is 13.8 Å². The van der Waals surface area contributed by atoms with Gasteiger partial charge in [-0.15, -0.1) is 11.3 Å². The van der Waals surface area contributed by atoms with E-state index < -0.39 is 0 Å². The second kappa shape index (κ2) is 4.16. The highest BCUT2D eigenvalue weighted by molar-refractivity contribution is 7.17. The maximum absolute atomic E-state index is 5.45. The summed E-state index contributed by atoms with van der Waals surface area (Å²) in [5, 5.41) is 0. The molecule has 4 heteroatoms. The summed E-state index contributed by atoms with van der Waals surface area (Å²) in [5.41, 5.74) is 7.70. The van der Waals surface area contributed by atoms with Gasteiger partial charge < -0.3 is 5.73 Å². The van der Waals surface area contributed by atoms with Crippen LogP contribution in [-0.2, 0) is 0 Å². The molecule has 0 bridgehead atoms. The minimum absolute atomic E-state index is 0.695. The van der Waals surface area contributed by atoms with Crippen LogP contribution in [0.25, 0.3) is 11.0 Å². The largest absolute Gasteiger partial charge is 0.330 e. The van der Waals surface area contributed by atoms with E-state index in [1.165, 1.54) is 10.6 Å². The number of imidazole rings is 1. The van der Waals surface area contributed by atoms with E-state index in [4.69, 9.17) is 5.73 Å². The van der Waals surface area contributed by atoms with Crippen LogP contribution >= 0.6 is 11.3 Å². The van der Waals surface area contributed by atoms with Crippen LogP contribution in [0.3, 0.4) is 0 Å². The van der Waals surface area contributed by atoms with Gasteiger partial charge in [-0.1, -0.05) is 6.08 Å². The van der Waals surface area contributed by atoms with Crippen molar-refractivity contribution in [2.75, 3.05) is 6.54 Å². The van der Waals surface area contributed by atoms with E-state index in [1.807, 2.05) is 6.92 Å². The Balaban J connectivity index is 2.43. The summed E-state index contributed by atoms with van der Waals surface area (Å²) in [6.07, 6.45) is 7.25. The van der Waals surface area contributed by atoms with Crippen molar-refractivity contribution in [1.29, 1.82) is 0 Å². The molecule has 80 valence electrons. The van der Waals surface area contributed by atoms with Gasteiger partial charge in [-0.25, -0.2) is 4.98 Å². The SMILES string of the molecule is Cc1cn2c(C=CCCN)c(C)nc2s1. The predicted octanol–water partition coefficient (Wildman–Crippen LogP) is 2.37. The van der Waals surface area contributed by atoms with E-state index in [1.54, 1.807) is 11.3 Å². The molecule has 15 heavy (non-hydrogen) atoms. The average molecular weight is 221 g/mol. The highest BCUT2D eigenvalue weighted by Gasteiger charge is 2.07. The fourth-order valence-corrected chi connectivity index (χ4v) is 2.45. The van der Waals surface area contributed by atoms with Crippen LogP contribution in [0.15, 0.2) is 12.3 Å². The Morgan fingerprint density at radius 2 is 2.33 bits per heavy atom. The Kier molecular flexibility index (Phi) is 2.88. The van der Waals surface area contributed by atoms with Crippen LogP contribution in [0.5, 0.6) is 0 Å². The van der Waals surface area contributed by atoms with Gasteiger partial charge in [0.1, 0.15) is 0 Å². The van der Waals surface area contributed by atoms with E-state index in [-0.39, 0.29) is 0 Å². The van der Waals surface area contributed by atoms with Crippen LogP contribution in [0.1, 0.15) is 22.7 Å². The maximum Gasteiger partial charge on any atom is 0.194 e. The van der Waals surface area contributed by atoms with Gasteiger partial charge in [-0.3, -0.25) is 4.40 Å². The van der Waals surface area contributed by atoms with Crippen molar-refractivity contribution in [1.82, 2.24) is 9.38 Å². The first-order valence-corrected chi connectivity index (χ1v) is 5.85. The molecule has 2 aromatic rings. The third-order valence-corrected chi connectivity index (χ3v) is 3.17. The van der Waals surface area contributed by atoms with E-state index in [0.717, 1.165) is 17.1 Å². The normalized spacial score (nSPS) is 11.9. The van der Waals surface area contributed by atoms with E-state index >= 15 is 0 Å². The molecule has 2 N–H and O–H groups in total. The van der Waals surface area contributed by atoms with Gasteiger partial charge in [0.25, 0.3) is 0 Å². The first-order valence-electron chi connectivity index (χ1n) is 5.04. The Hall–Kier alpha value is -1.13. The van der Waals surface area contributed by atoms with Crippen LogP contribution in [0.4, 0.5) is 0 Å². The molecule has 0 aliphatic heterocycles. The number of thiazole rings is 1. The standard InChI is InChI=1S/C11H15N3S/c1-8-7-14-10(5-3-4-6-12)9(2)13-11(14)15-8/h3,5,7H,4,6,12H2,1-2H3. The smallest absolute Gasteiger partial charge is 0.194 e. The first-order chi connectivity index (χ1) is 7.22. The van der Waals surface area contributed by atoms with Crippen molar-refractivity contribution in [3.8, 4) is 0 Å². The lowest BCUT2D eigenvalue weighted by molar-refractivity contribution is 1.01. The zero-order valence-electron chi connectivity index (χ0n) is 9.03. The second-order valence-corrected chi connectivity index (χ2v) is 4.77. The van der Waals surface area contributed by atoms with Crippen molar-refractivity contribution in [2.45, 2.75) is 20.3 Å². The number of nitrogens with two attached hydrogens (primary N) is 1. The van der Waals surface area contributed by atoms with Crippen LogP contribution in [-0.4, -0.2) is 15.9 Å². The minimum Gasteiger partial charge on any atom is -0.330 e. The molecule has 2 heterocycles. The molecule has 0 spiro atoms. The molecular weight excluding hydrogens is 206 g/mol. The number of fused-ring (bicyclic) bond motifs is 1. The molecule has 0 fully saturated rings. The molecular formula is C11H15N3S. The lowest BCUT2D eigenvalue weighted by Crippen LogP contribution is -1.95. The minimum atomic E-state index is 0.695. The summed E-state index contributed by atoms with van der Waals surface area (Å²) in [6.45, 7) is 4.83. The number of nitrogens with zero attached hydrogens (tertiary/aromatic N) is 2. The third kappa shape index (κ3) is 1.96. The van der Waals surface area contributed by atoms with Crippen molar-refractivity contribution in [2.24, 2.45) is 5.73 Å². The van der Waals surface area contributed by atoms with E-state index in [9.17, 15) is 0 Å². The molecule has 0 aliphatic rings. The fraction of sp³-hybridized carbons (Fsp3) is 0.364. The number of rotatable bonds is 3. The zero-order valence-corrected chi connectivity index (χ0v) is 9.84. The Morgan fingerprint density at radius 3 is 3.07 bits per heavy atom. The molecule has 0 aromatic carbocycles. The lowest BCUT2D eigenvalue weighted by Gasteiger charge is -1.92. The van der Waals surface area contributed by atoms with Crippen molar-refractivity contribution in [3.05, 3.63) is 28.5 Å². The van der Waals surface area contributed by atoms with Crippen LogP contribution in [0.2, 0.25) is 0 Å². The summed E-state index contributed by atoms with van der Waals surface area (Å²) in [7, 11) is 0. The number of hydrogen-bond acceptors (Lipinski definition) is 3. The zero-order chi connectivity index (χ0) is 10.8. The quantitative estimate of drug-likeness (QED) is 0.864. The third-order valence-electron chi connectivity index (χ3n) is 2.27. The van der Waals surface area contributed by atoms with Crippen molar-refractivity contribution in [3.63, 3.8) is 0 Å². The molecule has 0 radical (unpaired) electrons. The molecule has 0 unspecified atom stereocenters. The van der Waals surface area contributed by atoms with Crippen molar-refractivity contribution < 1.29 is 0 Å². The molecule has 0 aliphatic carbocycles. The lowest BCUT2D eigenvalue weighted by atomic mass is 10.3. The van der Waals surface area contributed by atoms with Gasteiger partial charge in [-0.2, -0.15) is 0 Å². The summed E-state index contributed by atoms with van der Waals surface area (Å²) >= 11 is 1.72. The first kappa shape index (κ1) is 10.4. The van der Waals surface area contributed by atoms with Gasteiger partial charge in [0.05, 0.1) is 11.4 Å². The fourth-order valence-electron chi connectivity index (χ4n) is 1.57. The van der Waals surface area contributed by atoms with Gasteiger partial charge in [0, 0.05) is 11.1 Å². The number of aryl methyl sites for hydroxylation is 2. The monoisotopic (exact) mass is 221 g/mol. The Bertz CT molecular complexity index is 493. The molecule has 0 saturated carbocycles. The van der Waals surface area contributed by atoms with Gasteiger partial charge in [0.2, 0.25) is 0 Å². The second-order valence-electron chi connectivity index (χ2n) is 3.56. The van der Waals surface area contributed by atoms with Crippen molar-refractivity contribution >= 4 is 22.4 Å². The van der Waals surface area contributed by atoms with Crippen LogP contribution < -0.4 is 5.73 Å². The highest BCUT2D eigenvalue weighted by atomic mass is 32.1. The van der Waals surface area contributed by atoms with Gasteiger partial charge in [-0.05, 0) is 32.9 Å². The van der Waals surface area contributed by atoms with E-state index in [0.29, 0.717) is 6.54 Å².